The maximum absolute atomic E-state index is 11.8. The van der Waals surface area contributed by atoms with Crippen LogP contribution in [0, 0.1) is 0 Å². The Bertz CT molecular complexity index is 437. The molecule has 1 aromatic carbocycles. The second-order valence-corrected chi connectivity index (χ2v) is 4.71. The van der Waals surface area contributed by atoms with Gasteiger partial charge in [-0.15, -0.1) is 0 Å². The predicted molar refractivity (Wildman–Crippen MR) is 82.9 cm³/mol. The summed E-state index contributed by atoms with van der Waals surface area (Å²) in [6.45, 7) is 4.27. The summed E-state index contributed by atoms with van der Waals surface area (Å²) in [5, 5.41) is 4.82. The highest BCUT2D eigenvalue weighted by atomic mass is 16.2. The highest BCUT2D eigenvalue weighted by Crippen LogP contribution is 2.01. The summed E-state index contributed by atoms with van der Waals surface area (Å²) >= 11 is 0. The zero-order valence-corrected chi connectivity index (χ0v) is 12.5. The van der Waals surface area contributed by atoms with Crippen LogP contribution in [0.25, 0.3) is 0 Å². The van der Waals surface area contributed by atoms with Crippen LogP contribution >= 0.6 is 0 Å². The first kappa shape index (κ1) is 17.1. The minimum absolute atomic E-state index is 0.168. The van der Waals surface area contributed by atoms with Gasteiger partial charge in [0.25, 0.3) is 0 Å². The van der Waals surface area contributed by atoms with E-state index < -0.39 is 6.03 Å². The van der Waals surface area contributed by atoms with Gasteiger partial charge < -0.3 is 11.1 Å². The Hall–Kier alpha value is -1.92. The monoisotopic (exact) mass is 292 g/mol. The molecule has 0 spiro atoms. The molecule has 1 aromatic rings. The van der Waals surface area contributed by atoms with Gasteiger partial charge in [0.05, 0.1) is 6.54 Å². The number of hydrogen-bond acceptors (Lipinski definition) is 4. The van der Waals surface area contributed by atoms with Crippen molar-refractivity contribution in [2.75, 3.05) is 32.7 Å². The molecule has 0 atom stereocenters. The summed E-state index contributed by atoms with van der Waals surface area (Å²) < 4.78 is 0. The molecule has 3 amide bonds. The van der Waals surface area contributed by atoms with E-state index in [1.165, 1.54) is 5.56 Å². The fourth-order valence-electron chi connectivity index (χ4n) is 1.96. The number of hydrogen-bond donors (Lipinski definition) is 3. The maximum atomic E-state index is 11.8. The van der Waals surface area contributed by atoms with Crippen molar-refractivity contribution < 1.29 is 9.59 Å². The third-order valence-corrected chi connectivity index (χ3v) is 2.96. The maximum Gasteiger partial charge on any atom is 0.321 e. The van der Waals surface area contributed by atoms with E-state index in [1.54, 1.807) is 6.92 Å². The molecule has 0 radical (unpaired) electrons. The van der Waals surface area contributed by atoms with Crippen LogP contribution in [0.15, 0.2) is 30.3 Å². The quantitative estimate of drug-likeness (QED) is 0.644. The molecule has 0 aromatic heterocycles. The van der Waals surface area contributed by atoms with Crippen molar-refractivity contribution in [2.24, 2.45) is 5.73 Å². The molecule has 0 heterocycles. The molecule has 116 valence electrons. The van der Waals surface area contributed by atoms with Gasteiger partial charge in [-0.05, 0) is 18.9 Å². The molecule has 0 fully saturated rings. The summed E-state index contributed by atoms with van der Waals surface area (Å²) in [5.41, 5.74) is 6.78. The molecule has 6 heteroatoms. The highest BCUT2D eigenvalue weighted by Gasteiger charge is 2.12. The van der Waals surface area contributed by atoms with Crippen LogP contribution in [0.2, 0.25) is 0 Å². The van der Waals surface area contributed by atoms with E-state index in [-0.39, 0.29) is 12.5 Å². The van der Waals surface area contributed by atoms with Crippen LogP contribution in [0.1, 0.15) is 12.5 Å². The van der Waals surface area contributed by atoms with Crippen LogP contribution < -0.4 is 16.4 Å². The first-order valence-corrected chi connectivity index (χ1v) is 7.19. The Labute approximate surface area is 125 Å². The molecule has 0 bridgehead atoms. The standard InChI is InChI=1S/C15H24N4O2/c1-2-17-15(21)18-14(20)12-19(11-9-16)10-8-13-6-4-3-5-7-13/h3-7H,2,8-12,16H2,1H3,(H2,17,18,20,21). The van der Waals surface area contributed by atoms with Crippen molar-refractivity contribution in [3.05, 3.63) is 35.9 Å². The normalized spacial score (nSPS) is 10.4. The Morgan fingerprint density at radius 1 is 1.19 bits per heavy atom. The molecule has 0 saturated heterocycles. The lowest BCUT2D eigenvalue weighted by molar-refractivity contribution is -0.121. The Morgan fingerprint density at radius 3 is 2.52 bits per heavy atom. The van der Waals surface area contributed by atoms with Gasteiger partial charge in [0.1, 0.15) is 0 Å². The van der Waals surface area contributed by atoms with E-state index >= 15 is 0 Å². The molecule has 0 aliphatic heterocycles. The lowest BCUT2D eigenvalue weighted by atomic mass is 10.1. The number of rotatable bonds is 8. The van der Waals surface area contributed by atoms with Crippen molar-refractivity contribution in [2.45, 2.75) is 13.3 Å². The summed E-state index contributed by atoms with van der Waals surface area (Å²) in [6.07, 6.45) is 0.843. The number of carbonyl (C=O) groups is 2. The van der Waals surface area contributed by atoms with E-state index in [4.69, 9.17) is 5.73 Å². The minimum Gasteiger partial charge on any atom is -0.338 e. The summed E-state index contributed by atoms with van der Waals surface area (Å²) in [6, 6.07) is 9.60. The Kier molecular flexibility index (Phi) is 8.08. The summed E-state index contributed by atoms with van der Waals surface area (Å²) in [7, 11) is 0. The van der Waals surface area contributed by atoms with Crippen molar-refractivity contribution in [1.29, 1.82) is 0 Å². The second-order valence-electron chi connectivity index (χ2n) is 4.71. The van der Waals surface area contributed by atoms with Gasteiger partial charge in [-0.1, -0.05) is 30.3 Å². The molecular weight excluding hydrogens is 268 g/mol. The van der Waals surface area contributed by atoms with Crippen LogP contribution in [-0.2, 0) is 11.2 Å². The highest BCUT2D eigenvalue weighted by molar-refractivity contribution is 5.95. The number of imide groups is 1. The van der Waals surface area contributed by atoms with Crippen LogP contribution in [0.3, 0.4) is 0 Å². The van der Waals surface area contributed by atoms with E-state index in [0.29, 0.717) is 19.6 Å². The summed E-state index contributed by atoms with van der Waals surface area (Å²) in [5.74, 6) is -0.317. The van der Waals surface area contributed by atoms with Gasteiger partial charge >= 0.3 is 6.03 Å². The van der Waals surface area contributed by atoms with Crippen molar-refractivity contribution in [3.8, 4) is 0 Å². The van der Waals surface area contributed by atoms with E-state index in [9.17, 15) is 9.59 Å². The van der Waals surface area contributed by atoms with Gasteiger partial charge in [-0.25, -0.2) is 4.79 Å². The van der Waals surface area contributed by atoms with E-state index in [2.05, 4.69) is 22.8 Å². The number of amides is 3. The largest absolute Gasteiger partial charge is 0.338 e. The Morgan fingerprint density at radius 2 is 1.90 bits per heavy atom. The number of carbonyl (C=O) groups excluding carboxylic acids is 2. The fourth-order valence-corrected chi connectivity index (χ4v) is 1.96. The molecule has 1 rings (SSSR count). The third-order valence-electron chi connectivity index (χ3n) is 2.96. The van der Waals surface area contributed by atoms with Gasteiger partial charge in [0.15, 0.2) is 0 Å². The van der Waals surface area contributed by atoms with Crippen molar-refractivity contribution >= 4 is 11.9 Å². The summed E-state index contributed by atoms with van der Waals surface area (Å²) in [4.78, 5) is 25.0. The Balaban J connectivity index is 2.41. The lowest BCUT2D eigenvalue weighted by Gasteiger charge is -2.20. The molecule has 6 nitrogen and oxygen atoms in total. The van der Waals surface area contributed by atoms with Crippen LogP contribution in [0.5, 0.6) is 0 Å². The van der Waals surface area contributed by atoms with E-state index in [1.807, 2.05) is 23.1 Å². The van der Waals surface area contributed by atoms with Crippen LogP contribution in [-0.4, -0.2) is 49.6 Å². The van der Waals surface area contributed by atoms with Gasteiger partial charge in [-0.3, -0.25) is 15.0 Å². The van der Waals surface area contributed by atoms with Crippen molar-refractivity contribution in [3.63, 3.8) is 0 Å². The van der Waals surface area contributed by atoms with Gasteiger partial charge in [0, 0.05) is 26.2 Å². The number of nitrogens with zero attached hydrogens (tertiary/aromatic N) is 1. The van der Waals surface area contributed by atoms with Gasteiger partial charge in [0.2, 0.25) is 5.91 Å². The molecular formula is C15H24N4O2. The average Bonchev–Trinajstić information content (AvgIpc) is 2.46. The topological polar surface area (TPSA) is 87.5 Å². The molecule has 0 aliphatic rings. The lowest BCUT2D eigenvalue weighted by Crippen LogP contribution is -2.45. The smallest absolute Gasteiger partial charge is 0.321 e. The van der Waals surface area contributed by atoms with Gasteiger partial charge in [-0.2, -0.15) is 0 Å². The van der Waals surface area contributed by atoms with Crippen LogP contribution in [0.4, 0.5) is 4.79 Å². The number of nitrogens with two attached hydrogens (primary N) is 1. The first-order chi connectivity index (χ1) is 10.2. The zero-order chi connectivity index (χ0) is 15.5. The van der Waals surface area contributed by atoms with Crippen molar-refractivity contribution in [1.82, 2.24) is 15.5 Å². The third kappa shape index (κ3) is 7.43. The molecule has 4 N–H and O–H groups in total. The number of urea groups is 1. The minimum atomic E-state index is -0.460. The fraction of sp³-hybridized carbons (Fsp3) is 0.467. The number of benzene rings is 1. The first-order valence-electron chi connectivity index (χ1n) is 7.19. The SMILES string of the molecule is CCNC(=O)NC(=O)CN(CCN)CCc1ccccc1. The average molecular weight is 292 g/mol. The van der Waals surface area contributed by atoms with E-state index in [0.717, 1.165) is 13.0 Å². The molecule has 0 aliphatic carbocycles. The zero-order valence-electron chi connectivity index (χ0n) is 12.5. The molecule has 0 saturated carbocycles. The number of nitrogens with one attached hydrogen (secondary N) is 2. The molecule has 21 heavy (non-hydrogen) atoms. The second kappa shape index (κ2) is 9.90. The predicted octanol–water partition coefficient (Wildman–Crippen LogP) is 0.336. The molecule has 0 unspecified atom stereocenters.